The quantitative estimate of drug-likeness (QED) is 0.769. The van der Waals surface area contributed by atoms with Crippen LogP contribution < -0.4 is 5.11 Å². The predicted octanol–water partition coefficient (Wildman–Crippen LogP) is 1.90. The van der Waals surface area contributed by atoms with E-state index >= 15 is 0 Å². The first kappa shape index (κ1) is 16.5. The second-order valence-electron chi connectivity index (χ2n) is 6.32. The second-order valence-corrected chi connectivity index (χ2v) is 6.32. The Morgan fingerprint density at radius 3 is 2.57 bits per heavy atom. The van der Waals surface area contributed by atoms with Gasteiger partial charge >= 0.3 is 0 Å². The van der Waals surface area contributed by atoms with Crippen molar-refractivity contribution in [3.05, 3.63) is 35.9 Å². The zero-order chi connectivity index (χ0) is 15.1. The average molecular weight is 291 g/mol. The Morgan fingerprint density at radius 2 is 1.86 bits per heavy atom. The molecular formula is C18H27O3-. The van der Waals surface area contributed by atoms with Crippen molar-refractivity contribution >= 4 is 0 Å². The Morgan fingerprint density at radius 1 is 1.10 bits per heavy atom. The van der Waals surface area contributed by atoms with E-state index in [1.165, 1.54) is 5.56 Å². The molecule has 1 aromatic carbocycles. The van der Waals surface area contributed by atoms with Gasteiger partial charge in [0.1, 0.15) is 0 Å². The van der Waals surface area contributed by atoms with Gasteiger partial charge < -0.3 is 15.3 Å². The average Bonchev–Trinajstić information content (AvgIpc) is 2.85. The Labute approximate surface area is 127 Å². The summed E-state index contributed by atoms with van der Waals surface area (Å²) in [5, 5.41) is 31.0. The van der Waals surface area contributed by atoms with Crippen molar-refractivity contribution in [3.8, 4) is 0 Å². The molecule has 4 atom stereocenters. The lowest BCUT2D eigenvalue weighted by Gasteiger charge is -2.24. The Bertz CT molecular complexity index is 391. The highest BCUT2D eigenvalue weighted by Crippen LogP contribution is 2.37. The summed E-state index contributed by atoms with van der Waals surface area (Å²) < 4.78 is 0. The molecule has 0 aromatic heterocycles. The number of benzene rings is 1. The van der Waals surface area contributed by atoms with Gasteiger partial charge in [0.25, 0.3) is 0 Å². The third-order valence-corrected chi connectivity index (χ3v) is 4.86. The van der Waals surface area contributed by atoms with Gasteiger partial charge in [-0.05, 0) is 55.9 Å². The molecule has 1 fully saturated rings. The van der Waals surface area contributed by atoms with Crippen molar-refractivity contribution in [3.63, 3.8) is 0 Å². The van der Waals surface area contributed by atoms with E-state index in [-0.39, 0.29) is 24.7 Å². The fourth-order valence-corrected chi connectivity index (χ4v) is 3.57. The minimum Gasteiger partial charge on any atom is -0.854 e. The lowest BCUT2D eigenvalue weighted by atomic mass is 9.87. The van der Waals surface area contributed by atoms with Crippen LogP contribution in [0.4, 0.5) is 0 Å². The number of rotatable bonds is 8. The molecule has 21 heavy (non-hydrogen) atoms. The molecule has 0 bridgehead atoms. The van der Waals surface area contributed by atoms with E-state index < -0.39 is 0 Å². The lowest BCUT2D eigenvalue weighted by Crippen LogP contribution is -2.23. The van der Waals surface area contributed by atoms with Crippen LogP contribution in [0.2, 0.25) is 0 Å². The van der Waals surface area contributed by atoms with Crippen molar-refractivity contribution in [1.82, 2.24) is 0 Å². The van der Waals surface area contributed by atoms with Gasteiger partial charge in [0, 0.05) is 0 Å². The van der Waals surface area contributed by atoms with Crippen LogP contribution in [0, 0.1) is 11.8 Å². The Balaban J connectivity index is 1.71. The van der Waals surface area contributed by atoms with Gasteiger partial charge in [-0.2, -0.15) is 0 Å². The standard InChI is InChI=1S/C18H27O3/c19-13-12-15-7-11-18(21)17(15)10-9-16(20)8-6-14-4-2-1-3-5-14/h1-5,15-18,20-21H,6-13H2/q-1/t15-,16+,17-,18-/m1/s1. The molecule has 2 N–H and O–H groups in total. The maximum Gasteiger partial charge on any atom is 0.0571 e. The molecule has 0 aliphatic heterocycles. The molecule has 3 heteroatoms. The fourth-order valence-electron chi connectivity index (χ4n) is 3.57. The Kier molecular flexibility index (Phi) is 6.68. The highest BCUT2D eigenvalue weighted by Gasteiger charge is 2.33. The maximum absolute atomic E-state index is 10.8. The molecule has 0 amide bonds. The van der Waals surface area contributed by atoms with Crippen LogP contribution in [0.15, 0.2) is 30.3 Å². The third kappa shape index (κ3) is 5.10. The molecule has 1 aromatic rings. The van der Waals surface area contributed by atoms with E-state index in [1.54, 1.807) is 0 Å². The summed E-state index contributed by atoms with van der Waals surface area (Å²) in [6.07, 6.45) is 5.07. The summed E-state index contributed by atoms with van der Waals surface area (Å²) >= 11 is 0. The minimum atomic E-state index is -0.314. The first-order chi connectivity index (χ1) is 10.2. The molecule has 118 valence electrons. The lowest BCUT2D eigenvalue weighted by molar-refractivity contribution is -0.370. The molecule has 0 spiro atoms. The predicted molar refractivity (Wildman–Crippen MR) is 81.7 cm³/mol. The van der Waals surface area contributed by atoms with E-state index in [1.807, 2.05) is 18.2 Å². The molecular weight excluding hydrogens is 264 g/mol. The van der Waals surface area contributed by atoms with Crippen molar-refractivity contribution < 1.29 is 15.3 Å². The number of aliphatic hydroxyl groups excluding tert-OH is 2. The zero-order valence-corrected chi connectivity index (χ0v) is 12.7. The van der Waals surface area contributed by atoms with Gasteiger partial charge in [-0.25, -0.2) is 0 Å². The summed E-state index contributed by atoms with van der Waals surface area (Å²) in [7, 11) is 0. The van der Waals surface area contributed by atoms with Crippen molar-refractivity contribution in [2.75, 3.05) is 6.61 Å². The van der Waals surface area contributed by atoms with Gasteiger partial charge in [0.2, 0.25) is 0 Å². The van der Waals surface area contributed by atoms with Crippen LogP contribution in [0.25, 0.3) is 0 Å². The summed E-state index contributed by atoms with van der Waals surface area (Å²) in [6, 6.07) is 10.2. The van der Waals surface area contributed by atoms with E-state index in [9.17, 15) is 15.3 Å². The highest BCUT2D eigenvalue weighted by atomic mass is 16.3. The number of aryl methyl sites for hydroxylation is 1. The second kappa shape index (κ2) is 8.52. The zero-order valence-electron chi connectivity index (χ0n) is 12.7. The molecule has 0 saturated heterocycles. The van der Waals surface area contributed by atoms with Gasteiger partial charge in [0.05, 0.1) is 12.2 Å². The summed E-state index contributed by atoms with van der Waals surface area (Å²) in [5.74, 6) is 0.573. The number of hydrogen-bond donors (Lipinski definition) is 2. The van der Waals surface area contributed by atoms with Crippen LogP contribution in [0.5, 0.6) is 0 Å². The van der Waals surface area contributed by atoms with Crippen molar-refractivity contribution in [2.24, 2.45) is 11.8 Å². The fraction of sp³-hybridized carbons (Fsp3) is 0.667. The Hall–Kier alpha value is -0.900. The molecule has 1 aliphatic carbocycles. The van der Waals surface area contributed by atoms with Crippen molar-refractivity contribution in [2.45, 2.75) is 57.2 Å². The smallest absolute Gasteiger partial charge is 0.0571 e. The molecule has 1 aliphatic rings. The highest BCUT2D eigenvalue weighted by molar-refractivity contribution is 5.14. The summed E-state index contributed by atoms with van der Waals surface area (Å²) in [4.78, 5) is 0. The molecule has 0 radical (unpaired) electrons. The van der Waals surface area contributed by atoms with Crippen molar-refractivity contribution in [1.29, 1.82) is 0 Å². The topological polar surface area (TPSA) is 63.5 Å². The van der Waals surface area contributed by atoms with Crippen LogP contribution in [0.3, 0.4) is 0 Å². The van der Waals surface area contributed by atoms with E-state index in [0.717, 1.165) is 38.5 Å². The summed E-state index contributed by atoms with van der Waals surface area (Å²) in [5.41, 5.74) is 1.25. The maximum atomic E-state index is 10.8. The van der Waals surface area contributed by atoms with E-state index in [4.69, 9.17) is 0 Å². The third-order valence-electron chi connectivity index (χ3n) is 4.86. The van der Waals surface area contributed by atoms with Gasteiger partial charge in [-0.3, -0.25) is 0 Å². The van der Waals surface area contributed by atoms with Gasteiger partial charge in [0.15, 0.2) is 0 Å². The molecule has 0 unspecified atom stereocenters. The van der Waals surface area contributed by atoms with Crippen LogP contribution in [-0.2, 0) is 6.42 Å². The minimum absolute atomic E-state index is 0.0511. The van der Waals surface area contributed by atoms with E-state index in [0.29, 0.717) is 12.3 Å². The molecule has 0 heterocycles. The van der Waals surface area contributed by atoms with Crippen LogP contribution in [0.1, 0.15) is 44.1 Å². The van der Waals surface area contributed by atoms with Crippen LogP contribution in [-0.4, -0.2) is 29.0 Å². The number of aliphatic hydroxyl groups is 2. The molecule has 1 saturated carbocycles. The SMILES string of the molecule is [O-]CC[C@H]1CC[C@@H](O)[C@@H]1CC[C@@H](O)CCc1ccccc1. The monoisotopic (exact) mass is 291 g/mol. The normalized spacial score (nSPS) is 26.9. The largest absolute Gasteiger partial charge is 0.854 e. The first-order valence-electron chi connectivity index (χ1n) is 8.19. The van der Waals surface area contributed by atoms with Crippen LogP contribution >= 0.6 is 0 Å². The molecule has 3 nitrogen and oxygen atoms in total. The number of hydrogen-bond acceptors (Lipinski definition) is 3. The van der Waals surface area contributed by atoms with Gasteiger partial charge in [-0.15, -0.1) is 6.61 Å². The molecule has 2 rings (SSSR count). The summed E-state index contributed by atoms with van der Waals surface area (Å²) in [6.45, 7) is -0.0511. The first-order valence-corrected chi connectivity index (χ1v) is 8.19. The van der Waals surface area contributed by atoms with Gasteiger partial charge in [-0.1, -0.05) is 36.8 Å². The van der Waals surface area contributed by atoms with E-state index in [2.05, 4.69) is 12.1 Å².